The lowest BCUT2D eigenvalue weighted by Gasteiger charge is -2.20. The summed E-state index contributed by atoms with van der Waals surface area (Å²) in [6.45, 7) is 8.40. The molecule has 0 fully saturated rings. The SMILES string of the molecule is CCNc1c(C(=O)NC(C)C(C)CC)cccc1[N+](=O)[O-]. The van der Waals surface area contributed by atoms with Gasteiger partial charge in [0, 0.05) is 18.7 Å². The number of carbonyl (C=O) groups is 1. The predicted octanol–water partition coefficient (Wildman–Crippen LogP) is 3.19. The fourth-order valence-electron chi connectivity index (χ4n) is 2.02. The molecule has 0 aromatic heterocycles. The topological polar surface area (TPSA) is 84.3 Å². The normalized spacial score (nSPS) is 13.3. The quantitative estimate of drug-likeness (QED) is 0.597. The fourth-order valence-corrected chi connectivity index (χ4v) is 2.02. The second kappa shape index (κ2) is 7.61. The van der Waals surface area contributed by atoms with Crippen molar-refractivity contribution in [2.45, 2.75) is 40.2 Å². The van der Waals surface area contributed by atoms with E-state index in [0.29, 0.717) is 18.0 Å². The Balaban J connectivity index is 3.08. The molecule has 0 saturated heterocycles. The molecule has 1 rings (SSSR count). The van der Waals surface area contributed by atoms with E-state index in [4.69, 9.17) is 0 Å². The molecular weight excluding hydrogens is 270 g/mol. The first kappa shape index (κ1) is 16.9. The largest absolute Gasteiger partial charge is 0.379 e. The van der Waals surface area contributed by atoms with E-state index in [1.165, 1.54) is 12.1 Å². The van der Waals surface area contributed by atoms with Crippen molar-refractivity contribution < 1.29 is 9.72 Å². The van der Waals surface area contributed by atoms with Crippen LogP contribution < -0.4 is 10.6 Å². The Bertz CT molecular complexity index is 517. The van der Waals surface area contributed by atoms with Gasteiger partial charge in [-0.15, -0.1) is 0 Å². The summed E-state index contributed by atoms with van der Waals surface area (Å²) in [6.07, 6.45) is 0.955. The molecule has 1 aromatic rings. The van der Waals surface area contributed by atoms with Crippen molar-refractivity contribution in [1.82, 2.24) is 5.32 Å². The highest BCUT2D eigenvalue weighted by Gasteiger charge is 2.22. The first-order valence-corrected chi connectivity index (χ1v) is 7.24. The van der Waals surface area contributed by atoms with Gasteiger partial charge in [-0.2, -0.15) is 0 Å². The van der Waals surface area contributed by atoms with Gasteiger partial charge in [0.1, 0.15) is 5.69 Å². The van der Waals surface area contributed by atoms with Gasteiger partial charge < -0.3 is 10.6 Å². The maximum absolute atomic E-state index is 12.4. The lowest BCUT2D eigenvalue weighted by atomic mass is 10.0. The summed E-state index contributed by atoms with van der Waals surface area (Å²) in [5.74, 6) is 0.0534. The molecular formula is C15H23N3O3. The van der Waals surface area contributed by atoms with Gasteiger partial charge in [-0.1, -0.05) is 26.3 Å². The van der Waals surface area contributed by atoms with E-state index in [9.17, 15) is 14.9 Å². The Morgan fingerprint density at radius 2 is 2.00 bits per heavy atom. The Morgan fingerprint density at radius 1 is 1.33 bits per heavy atom. The minimum absolute atomic E-state index is 0.0104. The fraction of sp³-hybridized carbons (Fsp3) is 0.533. The van der Waals surface area contributed by atoms with Gasteiger partial charge >= 0.3 is 0 Å². The number of rotatable bonds is 7. The number of hydrogen-bond acceptors (Lipinski definition) is 4. The minimum atomic E-state index is -0.479. The highest BCUT2D eigenvalue weighted by molar-refractivity contribution is 6.01. The van der Waals surface area contributed by atoms with E-state index in [0.717, 1.165) is 6.42 Å². The molecule has 2 atom stereocenters. The summed E-state index contributed by atoms with van der Waals surface area (Å²) in [5, 5.41) is 16.9. The summed E-state index contributed by atoms with van der Waals surface area (Å²) < 4.78 is 0. The van der Waals surface area contributed by atoms with Crippen LogP contribution in [0.3, 0.4) is 0 Å². The van der Waals surface area contributed by atoms with Crippen molar-refractivity contribution in [3.63, 3.8) is 0 Å². The molecule has 6 heteroatoms. The molecule has 0 radical (unpaired) electrons. The average molecular weight is 293 g/mol. The lowest BCUT2D eigenvalue weighted by Crippen LogP contribution is -2.37. The van der Waals surface area contributed by atoms with Gasteiger partial charge in [-0.3, -0.25) is 14.9 Å². The number of nitrogens with zero attached hydrogens (tertiary/aromatic N) is 1. The van der Waals surface area contributed by atoms with Crippen molar-refractivity contribution in [2.24, 2.45) is 5.92 Å². The van der Waals surface area contributed by atoms with Crippen molar-refractivity contribution in [1.29, 1.82) is 0 Å². The van der Waals surface area contributed by atoms with Crippen molar-refractivity contribution in [3.05, 3.63) is 33.9 Å². The number of nitro groups is 1. The first-order chi connectivity index (χ1) is 9.92. The molecule has 2 unspecified atom stereocenters. The molecule has 0 saturated carbocycles. The highest BCUT2D eigenvalue weighted by Crippen LogP contribution is 2.28. The molecule has 1 amide bonds. The summed E-state index contributed by atoms with van der Waals surface area (Å²) in [5.41, 5.74) is 0.501. The van der Waals surface area contributed by atoms with Gasteiger partial charge in [-0.25, -0.2) is 0 Å². The Morgan fingerprint density at radius 3 is 2.52 bits per heavy atom. The van der Waals surface area contributed by atoms with Crippen LogP contribution in [0.5, 0.6) is 0 Å². The van der Waals surface area contributed by atoms with Gasteiger partial charge in [0.15, 0.2) is 0 Å². The van der Waals surface area contributed by atoms with E-state index < -0.39 is 4.92 Å². The molecule has 0 aliphatic carbocycles. The number of amides is 1. The number of anilines is 1. The number of benzene rings is 1. The molecule has 0 aliphatic heterocycles. The third kappa shape index (κ3) is 4.18. The molecule has 0 aliphatic rings. The van der Waals surface area contributed by atoms with Gasteiger partial charge in [0.05, 0.1) is 10.5 Å². The van der Waals surface area contributed by atoms with Crippen molar-refractivity contribution in [3.8, 4) is 0 Å². The van der Waals surface area contributed by atoms with Crippen LogP contribution >= 0.6 is 0 Å². The Hall–Kier alpha value is -2.11. The molecule has 0 spiro atoms. The molecule has 116 valence electrons. The Labute approximate surface area is 125 Å². The van der Waals surface area contributed by atoms with E-state index in [1.807, 2.05) is 13.8 Å². The summed E-state index contributed by atoms with van der Waals surface area (Å²) in [6, 6.07) is 4.54. The minimum Gasteiger partial charge on any atom is -0.379 e. The number of nitro benzene ring substituents is 1. The van der Waals surface area contributed by atoms with E-state index in [2.05, 4.69) is 24.5 Å². The van der Waals surface area contributed by atoms with Crippen LogP contribution in [0, 0.1) is 16.0 Å². The maximum Gasteiger partial charge on any atom is 0.293 e. The molecule has 0 bridgehead atoms. The molecule has 21 heavy (non-hydrogen) atoms. The zero-order valence-corrected chi connectivity index (χ0v) is 13.0. The van der Waals surface area contributed by atoms with Crippen LogP contribution in [0.1, 0.15) is 44.5 Å². The van der Waals surface area contributed by atoms with Crippen molar-refractivity contribution >= 4 is 17.3 Å². The zero-order valence-electron chi connectivity index (χ0n) is 13.0. The molecule has 0 heterocycles. The van der Waals surface area contributed by atoms with Crippen LogP contribution in [-0.2, 0) is 0 Å². The van der Waals surface area contributed by atoms with E-state index in [-0.39, 0.29) is 23.3 Å². The predicted molar refractivity (Wildman–Crippen MR) is 83.6 cm³/mol. The summed E-state index contributed by atoms with van der Waals surface area (Å²) in [4.78, 5) is 23.0. The first-order valence-electron chi connectivity index (χ1n) is 7.24. The molecule has 2 N–H and O–H groups in total. The maximum atomic E-state index is 12.4. The number of para-hydroxylation sites is 1. The molecule has 6 nitrogen and oxygen atoms in total. The highest BCUT2D eigenvalue weighted by atomic mass is 16.6. The average Bonchev–Trinajstić information content (AvgIpc) is 2.46. The number of nitrogens with one attached hydrogen (secondary N) is 2. The van der Waals surface area contributed by atoms with Crippen molar-refractivity contribution in [2.75, 3.05) is 11.9 Å². The van der Waals surface area contributed by atoms with Gasteiger partial charge in [0.25, 0.3) is 11.6 Å². The number of carbonyl (C=O) groups excluding carboxylic acids is 1. The zero-order chi connectivity index (χ0) is 16.0. The van der Waals surface area contributed by atoms with Crippen LogP contribution in [0.2, 0.25) is 0 Å². The third-order valence-corrected chi connectivity index (χ3v) is 3.69. The second-order valence-corrected chi connectivity index (χ2v) is 5.13. The van der Waals surface area contributed by atoms with Gasteiger partial charge in [0.2, 0.25) is 0 Å². The smallest absolute Gasteiger partial charge is 0.293 e. The van der Waals surface area contributed by atoms with Gasteiger partial charge in [-0.05, 0) is 25.8 Å². The second-order valence-electron chi connectivity index (χ2n) is 5.13. The lowest BCUT2D eigenvalue weighted by molar-refractivity contribution is -0.384. The van der Waals surface area contributed by atoms with E-state index in [1.54, 1.807) is 6.07 Å². The number of hydrogen-bond donors (Lipinski definition) is 2. The van der Waals surface area contributed by atoms with E-state index >= 15 is 0 Å². The van der Waals surface area contributed by atoms with Crippen LogP contribution in [-0.4, -0.2) is 23.4 Å². The third-order valence-electron chi connectivity index (χ3n) is 3.69. The Kier molecular flexibility index (Phi) is 6.14. The molecule has 1 aromatic carbocycles. The van der Waals surface area contributed by atoms with Crippen LogP contribution in [0.25, 0.3) is 0 Å². The monoisotopic (exact) mass is 293 g/mol. The van der Waals surface area contributed by atoms with Crippen LogP contribution in [0.4, 0.5) is 11.4 Å². The summed E-state index contributed by atoms with van der Waals surface area (Å²) >= 11 is 0. The summed E-state index contributed by atoms with van der Waals surface area (Å²) in [7, 11) is 0. The standard InChI is InChI=1S/C15H23N3O3/c1-5-10(3)11(4)17-15(19)12-8-7-9-13(18(20)21)14(12)16-6-2/h7-11,16H,5-6H2,1-4H3,(H,17,19). The van der Waals surface area contributed by atoms with Crippen LogP contribution in [0.15, 0.2) is 18.2 Å².